The Bertz CT molecular complexity index is 1120. The lowest BCUT2D eigenvalue weighted by Gasteiger charge is -2.25. The number of amides is 1. The van der Waals surface area contributed by atoms with E-state index in [0.29, 0.717) is 24.8 Å². The van der Waals surface area contributed by atoms with Gasteiger partial charge in [-0.05, 0) is 63.4 Å². The molecule has 35 heavy (non-hydrogen) atoms. The summed E-state index contributed by atoms with van der Waals surface area (Å²) in [6, 6.07) is 3.13. The Morgan fingerprint density at radius 1 is 1.17 bits per heavy atom. The molecule has 2 heterocycles. The second kappa shape index (κ2) is 9.84. The molecule has 9 heteroatoms. The molecular weight excluding hydrogens is 459 g/mol. The molecule has 1 atom stereocenters. The van der Waals surface area contributed by atoms with Crippen LogP contribution < -0.4 is 10.4 Å². The first-order chi connectivity index (χ1) is 16.4. The molecule has 0 unspecified atom stereocenters. The highest BCUT2D eigenvalue weighted by atomic mass is 19.4. The minimum absolute atomic E-state index is 0.0974. The van der Waals surface area contributed by atoms with Crippen molar-refractivity contribution in [3.8, 4) is 5.75 Å². The highest BCUT2D eigenvalue weighted by Crippen LogP contribution is 2.33. The van der Waals surface area contributed by atoms with Gasteiger partial charge in [-0.2, -0.15) is 18.2 Å². The molecule has 0 N–H and O–H groups in total. The first kappa shape index (κ1) is 25.5. The van der Waals surface area contributed by atoms with Crippen molar-refractivity contribution in [3.05, 3.63) is 47.0 Å². The number of likely N-dealkylation sites (N-methyl/N-ethyl adjacent to an activating group) is 1. The molecular formula is C26H34F3N3O3. The summed E-state index contributed by atoms with van der Waals surface area (Å²) >= 11 is 0. The van der Waals surface area contributed by atoms with Crippen molar-refractivity contribution in [1.29, 1.82) is 0 Å². The summed E-state index contributed by atoms with van der Waals surface area (Å²) in [5, 5.41) is 0. The number of benzene rings is 1. The van der Waals surface area contributed by atoms with Crippen LogP contribution >= 0.6 is 0 Å². The number of likely N-dealkylation sites (tertiary alicyclic amines) is 1. The molecule has 2 fully saturated rings. The van der Waals surface area contributed by atoms with Crippen LogP contribution in [0.1, 0.15) is 74.6 Å². The summed E-state index contributed by atoms with van der Waals surface area (Å²) in [5.74, 6) is 0.418. The van der Waals surface area contributed by atoms with Crippen LogP contribution in [0.2, 0.25) is 0 Å². The highest BCUT2D eigenvalue weighted by molar-refractivity contribution is 5.97. The van der Waals surface area contributed by atoms with E-state index < -0.39 is 17.6 Å². The number of carbonyl (C=O) groups is 1. The number of oxazole rings is 1. The van der Waals surface area contributed by atoms with E-state index >= 15 is 0 Å². The highest BCUT2D eigenvalue weighted by Gasteiger charge is 2.33. The third-order valence-electron chi connectivity index (χ3n) is 6.98. The molecule has 1 aromatic heterocycles. The van der Waals surface area contributed by atoms with Gasteiger partial charge in [-0.3, -0.25) is 9.36 Å². The Kier molecular flexibility index (Phi) is 7.18. The average molecular weight is 494 g/mol. The molecule has 0 spiro atoms. The Morgan fingerprint density at radius 2 is 1.91 bits per heavy atom. The maximum absolute atomic E-state index is 13.4. The van der Waals surface area contributed by atoms with E-state index in [1.54, 1.807) is 0 Å². The standard InChI is InChI=1S/C26H34F3N3O3/c1-25(2,3)22-15-32(14-17-7-5-8-17)24(35-22)30-23(33)20-13-18(26(27,28)29)10-11-21(20)34-16-19-9-6-12-31(19)4/h10-11,13,15,17,19H,5-9,12,14,16H2,1-4H3/t19-/m0/s1. The van der Waals surface area contributed by atoms with Crippen LogP contribution in [-0.2, 0) is 18.1 Å². The van der Waals surface area contributed by atoms with Crippen LogP contribution in [0.5, 0.6) is 5.75 Å². The van der Waals surface area contributed by atoms with Crippen LogP contribution in [0.15, 0.2) is 33.8 Å². The lowest BCUT2D eigenvalue weighted by atomic mass is 9.85. The Hall–Kier alpha value is -2.55. The largest absolute Gasteiger partial charge is 0.491 e. The van der Waals surface area contributed by atoms with Gasteiger partial charge in [0.2, 0.25) is 0 Å². The maximum Gasteiger partial charge on any atom is 0.416 e. The van der Waals surface area contributed by atoms with Gasteiger partial charge < -0.3 is 14.1 Å². The average Bonchev–Trinajstić information content (AvgIpc) is 3.34. The Labute approximate surface area is 203 Å². The molecule has 1 saturated carbocycles. The van der Waals surface area contributed by atoms with Crippen molar-refractivity contribution in [2.24, 2.45) is 10.9 Å². The van der Waals surface area contributed by atoms with E-state index in [4.69, 9.17) is 9.15 Å². The molecule has 6 nitrogen and oxygen atoms in total. The molecule has 1 aromatic carbocycles. The van der Waals surface area contributed by atoms with Crippen LogP contribution in [0.4, 0.5) is 13.2 Å². The van der Waals surface area contributed by atoms with E-state index in [1.807, 2.05) is 38.6 Å². The van der Waals surface area contributed by atoms with E-state index in [1.165, 1.54) is 12.5 Å². The van der Waals surface area contributed by atoms with Gasteiger partial charge in [-0.15, -0.1) is 0 Å². The molecule has 1 saturated heterocycles. The number of carbonyl (C=O) groups excluding carboxylic acids is 1. The zero-order valence-electron chi connectivity index (χ0n) is 20.8. The van der Waals surface area contributed by atoms with Crippen molar-refractivity contribution in [1.82, 2.24) is 9.47 Å². The van der Waals surface area contributed by atoms with Crippen LogP contribution in [0, 0.1) is 5.92 Å². The van der Waals surface area contributed by atoms with Crippen molar-refractivity contribution < 1.29 is 27.1 Å². The topological polar surface area (TPSA) is 60.0 Å². The summed E-state index contributed by atoms with van der Waals surface area (Å²) in [6.45, 7) is 7.86. The van der Waals surface area contributed by atoms with Gasteiger partial charge >= 0.3 is 11.9 Å². The maximum atomic E-state index is 13.4. The summed E-state index contributed by atoms with van der Waals surface area (Å²) in [6.07, 6.45) is 2.59. The lowest BCUT2D eigenvalue weighted by molar-refractivity contribution is -0.137. The van der Waals surface area contributed by atoms with Gasteiger partial charge in [0.1, 0.15) is 18.1 Å². The monoisotopic (exact) mass is 493 g/mol. The molecule has 1 amide bonds. The minimum atomic E-state index is -4.59. The predicted octanol–water partition coefficient (Wildman–Crippen LogP) is 5.41. The number of alkyl halides is 3. The lowest BCUT2D eigenvalue weighted by Crippen LogP contribution is -2.31. The third kappa shape index (κ3) is 6.00. The minimum Gasteiger partial charge on any atom is -0.491 e. The van der Waals surface area contributed by atoms with E-state index in [0.717, 1.165) is 44.4 Å². The van der Waals surface area contributed by atoms with Gasteiger partial charge in [0.25, 0.3) is 5.91 Å². The van der Waals surface area contributed by atoms with Crippen molar-refractivity contribution in [3.63, 3.8) is 0 Å². The SMILES string of the molecule is CN1CCC[C@H]1COc1ccc(C(F)(F)F)cc1C(=O)N=c1oc(C(C)(C)C)cn1CC1CCC1. The molecule has 2 aromatic rings. The summed E-state index contributed by atoms with van der Waals surface area (Å²) < 4.78 is 54.0. The number of aromatic nitrogens is 1. The summed E-state index contributed by atoms with van der Waals surface area (Å²) in [4.78, 5) is 19.6. The van der Waals surface area contributed by atoms with Crippen molar-refractivity contribution in [2.75, 3.05) is 20.2 Å². The molecule has 192 valence electrons. The van der Waals surface area contributed by atoms with Gasteiger partial charge in [-0.25, -0.2) is 0 Å². The second-order valence-corrected chi connectivity index (χ2v) is 10.8. The quantitative estimate of drug-likeness (QED) is 0.540. The summed E-state index contributed by atoms with van der Waals surface area (Å²) in [5.41, 5.74) is -1.34. The second-order valence-electron chi connectivity index (χ2n) is 10.8. The number of nitrogens with zero attached hydrogens (tertiary/aromatic N) is 3. The zero-order chi connectivity index (χ0) is 25.4. The van der Waals surface area contributed by atoms with Crippen molar-refractivity contribution >= 4 is 5.91 Å². The van der Waals surface area contributed by atoms with E-state index in [9.17, 15) is 18.0 Å². The summed E-state index contributed by atoms with van der Waals surface area (Å²) in [7, 11) is 1.99. The van der Waals surface area contributed by atoms with Crippen LogP contribution in [0.25, 0.3) is 0 Å². The van der Waals surface area contributed by atoms with E-state index in [2.05, 4.69) is 9.89 Å². The fraction of sp³-hybridized carbons (Fsp3) is 0.615. The number of hydrogen-bond donors (Lipinski definition) is 0. The first-order valence-corrected chi connectivity index (χ1v) is 12.3. The van der Waals surface area contributed by atoms with Crippen LogP contribution in [0.3, 0.4) is 0 Å². The smallest absolute Gasteiger partial charge is 0.416 e. The molecule has 1 aliphatic heterocycles. The molecule has 4 rings (SSSR count). The van der Waals surface area contributed by atoms with E-state index in [-0.39, 0.29) is 28.5 Å². The molecule has 0 bridgehead atoms. The van der Waals surface area contributed by atoms with Gasteiger partial charge in [0, 0.05) is 24.2 Å². The normalized spacial score (nSPS) is 20.3. The first-order valence-electron chi connectivity index (χ1n) is 12.3. The van der Waals surface area contributed by atoms with Gasteiger partial charge in [0.05, 0.1) is 11.1 Å². The Morgan fingerprint density at radius 3 is 2.49 bits per heavy atom. The fourth-order valence-electron chi connectivity index (χ4n) is 4.42. The van der Waals surface area contributed by atoms with Crippen LogP contribution in [-0.4, -0.2) is 41.6 Å². The molecule has 0 radical (unpaired) electrons. The molecule has 1 aliphatic carbocycles. The molecule has 2 aliphatic rings. The zero-order valence-corrected chi connectivity index (χ0v) is 20.8. The van der Waals surface area contributed by atoms with Gasteiger partial charge in [0.15, 0.2) is 0 Å². The van der Waals surface area contributed by atoms with Crippen molar-refractivity contribution in [2.45, 2.75) is 77.1 Å². The third-order valence-corrected chi connectivity index (χ3v) is 6.98. The predicted molar refractivity (Wildman–Crippen MR) is 125 cm³/mol. The fourth-order valence-corrected chi connectivity index (χ4v) is 4.42. The number of rotatable bonds is 6. The number of halogens is 3. The number of ether oxygens (including phenoxy) is 1. The van der Waals surface area contributed by atoms with Gasteiger partial charge in [-0.1, -0.05) is 27.2 Å². The Balaban J connectivity index is 1.69. The number of hydrogen-bond acceptors (Lipinski definition) is 4.